The smallest absolute Gasteiger partial charge is 0.226 e. The van der Waals surface area contributed by atoms with Crippen molar-refractivity contribution < 1.29 is 9.59 Å². The minimum Gasteiger partial charge on any atom is -0.352 e. The summed E-state index contributed by atoms with van der Waals surface area (Å²) in [6.45, 7) is 0. The minimum atomic E-state index is -0.399. The van der Waals surface area contributed by atoms with Gasteiger partial charge in [0.15, 0.2) is 0 Å². The van der Waals surface area contributed by atoms with Gasteiger partial charge in [-0.05, 0) is 29.7 Å². The number of carbonyl (C=O) groups excluding carboxylic acids is 2. The van der Waals surface area contributed by atoms with Crippen LogP contribution in [0.5, 0.6) is 0 Å². The van der Waals surface area contributed by atoms with Gasteiger partial charge in [-0.25, -0.2) is 0 Å². The molecule has 1 saturated heterocycles. The van der Waals surface area contributed by atoms with E-state index in [0.717, 1.165) is 22.6 Å². The van der Waals surface area contributed by atoms with Crippen molar-refractivity contribution in [2.75, 3.05) is 7.05 Å². The van der Waals surface area contributed by atoms with Crippen molar-refractivity contribution in [3.63, 3.8) is 0 Å². The van der Waals surface area contributed by atoms with Gasteiger partial charge in [-0.2, -0.15) is 0 Å². The lowest BCUT2D eigenvalue weighted by molar-refractivity contribution is -0.128. The molecule has 1 aliphatic heterocycles. The van der Waals surface area contributed by atoms with Gasteiger partial charge in [0.2, 0.25) is 11.8 Å². The number of aromatic nitrogens is 1. The number of benzene rings is 1. The van der Waals surface area contributed by atoms with E-state index in [9.17, 15) is 9.59 Å². The predicted octanol–water partition coefficient (Wildman–Crippen LogP) is 2.93. The van der Waals surface area contributed by atoms with E-state index >= 15 is 0 Å². The van der Waals surface area contributed by atoms with Gasteiger partial charge < -0.3 is 10.2 Å². The molecule has 1 N–H and O–H groups in total. The van der Waals surface area contributed by atoms with Crippen LogP contribution in [0.15, 0.2) is 48.8 Å². The van der Waals surface area contributed by atoms with Gasteiger partial charge in [-0.15, -0.1) is 0 Å². The predicted molar refractivity (Wildman–Crippen MR) is 98.6 cm³/mol. The highest BCUT2D eigenvalue weighted by Crippen LogP contribution is 2.44. The summed E-state index contributed by atoms with van der Waals surface area (Å²) in [5, 5.41) is 3.85. The van der Waals surface area contributed by atoms with Crippen molar-refractivity contribution in [1.82, 2.24) is 15.2 Å². The molecule has 1 saturated carbocycles. The number of pyridine rings is 1. The molecule has 2 fully saturated rings. The molecule has 5 nitrogen and oxygen atoms in total. The van der Waals surface area contributed by atoms with Crippen molar-refractivity contribution in [3.8, 4) is 0 Å². The number of halogens is 1. The van der Waals surface area contributed by atoms with Gasteiger partial charge in [0.25, 0.3) is 0 Å². The summed E-state index contributed by atoms with van der Waals surface area (Å²) in [7, 11) is 1.75. The maximum absolute atomic E-state index is 12.9. The Hall–Kier alpha value is -2.40. The second kappa shape index (κ2) is 6.72. The Labute approximate surface area is 157 Å². The first-order valence-electron chi connectivity index (χ1n) is 8.76. The van der Waals surface area contributed by atoms with E-state index in [2.05, 4.69) is 10.3 Å². The molecule has 0 radical (unpaired) electrons. The molecular formula is C20H20ClN3O2. The van der Waals surface area contributed by atoms with Crippen LogP contribution in [0.2, 0.25) is 5.02 Å². The average molecular weight is 370 g/mol. The Kier molecular flexibility index (Phi) is 4.41. The molecule has 0 spiro atoms. The van der Waals surface area contributed by atoms with Crippen molar-refractivity contribution in [2.24, 2.45) is 5.92 Å². The van der Waals surface area contributed by atoms with E-state index in [1.165, 1.54) is 0 Å². The van der Waals surface area contributed by atoms with Gasteiger partial charge in [-0.1, -0.05) is 35.9 Å². The topological polar surface area (TPSA) is 62.3 Å². The molecule has 1 aliphatic carbocycles. The minimum absolute atomic E-state index is 0.0162. The van der Waals surface area contributed by atoms with Gasteiger partial charge >= 0.3 is 0 Å². The highest BCUT2D eigenvalue weighted by atomic mass is 35.5. The highest BCUT2D eigenvalue weighted by molar-refractivity contribution is 6.31. The zero-order valence-corrected chi connectivity index (χ0v) is 15.2. The van der Waals surface area contributed by atoms with Crippen molar-refractivity contribution in [2.45, 2.75) is 30.8 Å². The SMILES string of the molecule is CN1C(=O)C[C@H](C(=O)N[C@@H]2C[C@H]2c2ccccc2Cl)[C@H]1c1cccnc1. The third-order valence-electron chi connectivity index (χ3n) is 5.37. The number of amides is 2. The molecule has 26 heavy (non-hydrogen) atoms. The van der Waals surface area contributed by atoms with E-state index in [0.29, 0.717) is 0 Å². The molecule has 0 bridgehead atoms. The normalized spacial score (nSPS) is 27.5. The van der Waals surface area contributed by atoms with Gasteiger partial charge in [0.05, 0.1) is 12.0 Å². The summed E-state index contributed by atoms with van der Waals surface area (Å²) in [5.74, 6) is -0.239. The number of hydrogen-bond acceptors (Lipinski definition) is 3. The lowest BCUT2D eigenvalue weighted by Crippen LogP contribution is -2.36. The Bertz CT molecular complexity index is 842. The molecule has 134 valence electrons. The van der Waals surface area contributed by atoms with Crippen molar-refractivity contribution in [3.05, 3.63) is 64.9 Å². The van der Waals surface area contributed by atoms with Crippen LogP contribution in [0, 0.1) is 5.92 Å². The van der Waals surface area contributed by atoms with Crippen LogP contribution in [0.25, 0.3) is 0 Å². The van der Waals surface area contributed by atoms with E-state index in [4.69, 9.17) is 11.6 Å². The maximum atomic E-state index is 12.9. The molecule has 4 rings (SSSR count). The number of hydrogen-bond donors (Lipinski definition) is 1. The first-order valence-corrected chi connectivity index (χ1v) is 9.14. The monoisotopic (exact) mass is 369 g/mol. The standard InChI is InChI=1S/C20H20ClN3O2/c1-24-18(25)10-15(19(24)12-5-4-8-22-11-12)20(26)23-17-9-14(17)13-6-2-3-7-16(13)21/h2-8,11,14-15,17,19H,9-10H2,1H3,(H,23,26)/t14-,15-,17+,19+/m0/s1. The summed E-state index contributed by atoms with van der Waals surface area (Å²) in [5.41, 5.74) is 1.96. The van der Waals surface area contributed by atoms with E-state index in [1.54, 1.807) is 24.3 Å². The second-order valence-corrected chi connectivity index (χ2v) is 7.43. The Morgan fingerprint density at radius 1 is 1.27 bits per heavy atom. The molecule has 2 heterocycles. The summed E-state index contributed by atoms with van der Waals surface area (Å²) in [6.07, 6.45) is 4.52. The zero-order chi connectivity index (χ0) is 18.3. The Balaban J connectivity index is 1.48. The van der Waals surface area contributed by atoms with Crippen LogP contribution in [0.4, 0.5) is 0 Å². The number of nitrogens with one attached hydrogen (secondary N) is 1. The van der Waals surface area contributed by atoms with E-state index < -0.39 is 5.92 Å². The molecule has 1 aromatic heterocycles. The van der Waals surface area contributed by atoms with Crippen molar-refractivity contribution in [1.29, 1.82) is 0 Å². The third kappa shape index (κ3) is 3.07. The summed E-state index contributed by atoms with van der Waals surface area (Å²) >= 11 is 6.26. The van der Waals surface area contributed by atoms with Gasteiger partial charge in [-0.3, -0.25) is 14.6 Å². The first kappa shape index (κ1) is 17.0. The van der Waals surface area contributed by atoms with Gasteiger partial charge in [0.1, 0.15) is 0 Å². The van der Waals surface area contributed by atoms with Crippen LogP contribution >= 0.6 is 11.6 Å². The zero-order valence-electron chi connectivity index (χ0n) is 14.4. The summed E-state index contributed by atoms with van der Waals surface area (Å²) in [6, 6.07) is 11.3. The summed E-state index contributed by atoms with van der Waals surface area (Å²) in [4.78, 5) is 30.9. The first-order chi connectivity index (χ1) is 12.6. The van der Waals surface area contributed by atoms with Crippen LogP contribution < -0.4 is 5.32 Å². The largest absolute Gasteiger partial charge is 0.352 e. The quantitative estimate of drug-likeness (QED) is 0.901. The Morgan fingerprint density at radius 3 is 2.81 bits per heavy atom. The third-order valence-corrected chi connectivity index (χ3v) is 5.72. The van der Waals surface area contributed by atoms with Crippen molar-refractivity contribution >= 4 is 23.4 Å². The second-order valence-electron chi connectivity index (χ2n) is 7.03. The number of rotatable bonds is 4. The number of nitrogens with zero attached hydrogens (tertiary/aromatic N) is 2. The van der Waals surface area contributed by atoms with Crippen LogP contribution in [-0.4, -0.2) is 34.8 Å². The molecule has 4 atom stereocenters. The van der Waals surface area contributed by atoms with Crippen LogP contribution in [0.3, 0.4) is 0 Å². The molecule has 2 amide bonds. The molecular weight excluding hydrogens is 350 g/mol. The summed E-state index contributed by atoms with van der Waals surface area (Å²) < 4.78 is 0. The maximum Gasteiger partial charge on any atom is 0.226 e. The van der Waals surface area contributed by atoms with Gasteiger partial charge in [0, 0.05) is 42.8 Å². The fourth-order valence-electron chi connectivity index (χ4n) is 3.88. The molecule has 6 heteroatoms. The molecule has 0 unspecified atom stereocenters. The van der Waals surface area contributed by atoms with Crippen LogP contribution in [-0.2, 0) is 9.59 Å². The fourth-order valence-corrected chi connectivity index (χ4v) is 4.15. The Morgan fingerprint density at radius 2 is 2.08 bits per heavy atom. The molecule has 2 aromatic rings. The fraction of sp³-hybridized carbons (Fsp3) is 0.350. The molecule has 1 aromatic carbocycles. The number of carbonyl (C=O) groups is 2. The van der Waals surface area contributed by atoms with Crippen LogP contribution in [0.1, 0.15) is 35.9 Å². The number of likely N-dealkylation sites (tertiary alicyclic amines) is 1. The van der Waals surface area contributed by atoms with E-state index in [-0.39, 0.29) is 36.2 Å². The lowest BCUT2D eigenvalue weighted by Gasteiger charge is -2.24. The van der Waals surface area contributed by atoms with E-state index in [1.807, 2.05) is 36.4 Å². The highest BCUT2D eigenvalue weighted by Gasteiger charge is 2.46. The molecule has 2 aliphatic rings. The lowest BCUT2D eigenvalue weighted by atomic mass is 9.94. The average Bonchev–Trinajstić information content (AvgIpc) is 3.33.